The smallest absolute Gasteiger partial charge is 0.422 e. The first-order valence-corrected chi connectivity index (χ1v) is 8.92. The van der Waals surface area contributed by atoms with Crippen LogP contribution in [0.15, 0.2) is 48.5 Å². The number of hydrogen-bond donors (Lipinski definition) is 1. The van der Waals surface area contributed by atoms with Crippen LogP contribution in [0, 0.1) is 5.82 Å². The molecule has 7 nitrogen and oxygen atoms in total. The van der Waals surface area contributed by atoms with Crippen molar-refractivity contribution in [2.24, 2.45) is 0 Å². The van der Waals surface area contributed by atoms with Crippen LogP contribution in [0.4, 0.5) is 23.2 Å². The van der Waals surface area contributed by atoms with E-state index in [0.717, 1.165) is 23.8 Å². The number of ether oxygens (including phenoxy) is 1. The van der Waals surface area contributed by atoms with E-state index in [-0.39, 0.29) is 12.1 Å². The van der Waals surface area contributed by atoms with Crippen molar-refractivity contribution in [3.05, 3.63) is 54.3 Å². The van der Waals surface area contributed by atoms with Gasteiger partial charge in [0.05, 0.1) is 12.2 Å². The number of alkyl halides is 3. The number of nitrogens with zero attached hydrogens (tertiary/aromatic N) is 4. The molecule has 158 valence electrons. The number of halogens is 4. The second kappa shape index (κ2) is 9.33. The van der Waals surface area contributed by atoms with Crippen LogP contribution in [0.25, 0.3) is 11.4 Å². The lowest BCUT2D eigenvalue weighted by atomic mass is 10.2. The van der Waals surface area contributed by atoms with E-state index in [1.165, 1.54) is 4.80 Å². The van der Waals surface area contributed by atoms with Crippen LogP contribution in [0.1, 0.15) is 12.8 Å². The van der Waals surface area contributed by atoms with Crippen molar-refractivity contribution >= 4 is 11.6 Å². The van der Waals surface area contributed by atoms with Crippen LogP contribution >= 0.6 is 0 Å². The van der Waals surface area contributed by atoms with E-state index in [0.29, 0.717) is 18.8 Å². The monoisotopic (exact) mass is 423 g/mol. The Hall–Kier alpha value is -3.50. The van der Waals surface area contributed by atoms with Crippen LogP contribution in [-0.4, -0.2) is 38.9 Å². The number of carbonyl (C=O) groups excluding carboxylic acids is 1. The number of carbonyl (C=O) groups is 1. The standard InChI is InChI=1S/C19H17F4N5O2/c20-14-8-9-15(16(11-14)30-12-19(21,22)23)24-17(29)7-4-10-28-26-18(25-27-28)13-5-2-1-3-6-13/h1-3,5-6,8-9,11H,4,7,10,12H2,(H,24,29). The van der Waals surface area contributed by atoms with Gasteiger partial charge in [-0.1, -0.05) is 30.3 Å². The molecule has 0 unspecified atom stereocenters. The van der Waals surface area contributed by atoms with Crippen molar-refractivity contribution in [3.8, 4) is 17.1 Å². The number of aromatic nitrogens is 4. The Morgan fingerprint density at radius 1 is 1.13 bits per heavy atom. The SMILES string of the molecule is O=C(CCCn1nnc(-c2ccccc2)n1)Nc1ccc(F)cc1OCC(F)(F)F. The largest absolute Gasteiger partial charge is 0.482 e. The summed E-state index contributed by atoms with van der Waals surface area (Å²) in [6.45, 7) is -1.28. The molecule has 0 saturated carbocycles. The molecule has 2 aromatic carbocycles. The fraction of sp³-hybridized carbons (Fsp3) is 0.263. The molecule has 1 amide bonds. The first-order chi connectivity index (χ1) is 14.3. The summed E-state index contributed by atoms with van der Waals surface area (Å²) in [6.07, 6.45) is -4.19. The minimum absolute atomic E-state index is 0.0400. The molecule has 11 heteroatoms. The average molecular weight is 423 g/mol. The summed E-state index contributed by atoms with van der Waals surface area (Å²) in [7, 11) is 0. The van der Waals surface area contributed by atoms with Gasteiger partial charge in [-0.2, -0.15) is 18.0 Å². The third kappa shape index (κ3) is 6.26. The van der Waals surface area contributed by atoms with E-state index in [4.69, 9.17) is 0 Å². The minimum Gasteiger partial charge on any atom is -0.482 e. The molecule has 3 aromatic rings. The lowest BCUT2D eigenvalue weighted by Crippen LogP contribution is -2.20. The summed E-state index contributed by atoms with van der Waals surface area (Å²) < 4.78 is 55.0. The van der Waals surface area contributed by atoms with Crippen molar-refractivity contribution in [3.63, 3.8) is 0 Å². The fourth-order valence-electron chi connectivity index (χ4n) is 2.51. The summed E-state index contributed by atoms with van der Waals surface area (Å²) in [5, 5.41) is 14.5. The summed E-state index contributed by atoms with van der Waals surface area (Å²) in [5.41, 5.74) is 0.764. The third-order valence-corrected chi connectivity index (χ3v) is 3.86. The van der Waals surface area contributed by atoms with Crippen molar-refractivity contribution < 1.29 is 27.1 Å². The van der Waals surface area contributed by atoms with Crippen LogP contribution in [0.2, 0.25) is 0 Å². The van der Waals surface area contributed by atoms with Gasteiger partial charge in [-0.15, -0.1) is 10.2 Å². The first kappa shape index (κ1) is 21.2. The molecule has 1 N–H and O–H groups in total. The molecule has 0 saturated heterocycles. The van der Waals surface area contributed by atoms with Gasteiger partial charge < -0.3 is 10.1 Å². The molecule has 3 rings (SSSR count). The van der Waals surface area contributed by atoms with Crippen molar-refractivity contribution in [2.75, 3.05) is 11.9 Å². The fourth-order valence-corrected chi connectivity index (χ4v) is 2.51. The third-order valence-electron chi connectivity index (χ3n) is 3.86. The Morgan fingerprint density at radius 2 is 1.90 bits per heavy atom. The first-order valence-electron chi connectivity index (χ1n) is 8.92. The molecule has 1 heterocycles. The molecule has 0 aliphatic rings. The summed E-state index contributed by atoms with van der Waals surface area (Å²) >= 11 is 0. The Labute approximate surface area is 168 Å². The quantitative estimate of drug-likeness (QED) is 0.557. The van der Waals surface area contributed by atoms with Gasteiger partial charge in [0, 0.05) is 18.1 Å². The number of amides is 1. The highest BCUT2D eigenvalue weighted by Gasteiger charge is 2.29. The molecule has 0 fully saturated rings. The number of aryl methyl sites for hydroxylation is 1. The molecular weight excluding hydrogens is 406 g/mol. The van der Waals surface area contributed by atoms with Gasteiger partial charge in [0.1, 0.15) is 11.6 Å². The average Bonchev–Trinajstić information content (AvgIpc) is 3.17. The van der Waals surface area contributed by atoms with Crippen LogP contribution < -0.4 is 10.1 Å². The van der Waals surface area contributed by atoms with E-state index in [9.17, 15) is 22.4 Å². The number of rotatable bonds is 8. The highest BCUT2D eigenvalue weighted by atomic mass is 19.4. The molecule has 0 aliphatic heterocycles. The van der Waals surface area contributed by atoms with Crippen molar-refractivity contribution in [1.29, 1.82) is 0 Å². The van der Waals surface area contributed by atoms with Gasteiger partial charge in [-0.05, 0) is 23.8 Å². The Morgan fingerprint density at radius 3 is 2.63 bits per heavy atom. The van der Waals surface area contributed by atoms with Gasteiger partial charge in [0.2, 0.25) is 11.7 Å². The highest BCUT2D eigenvalue weighted by Crippen LogP contribution is 2.28. The van der Waals surface area contributed by atoms with Gasteiger partial charge in [0.15, 0.2) is 6.61 Å². The molecular formula is C19H17F4N5O2. The zero-order chi connectivity index (χ0) is 21.6. The molecule has 0 bridgehead atoms. The predicted molar refractivity (Wildman–Crippen MR) is 99.1 cm³/mol. The normalized spacial score (nSPS) is 11.3. The Bertz CT molecular complexity index is 992. The lowest BCUT2D eigenvalue weighted by Gasteiger charge is -2.14. The van der Waals surface area contributed by atoms with Gasteiger partial charge >= 0.3 is 6.18 Å². The van der Waals surface area contributed by atoms with E-state index in [2.05, 4.69) is 25.5 Å². The van der Waals surface area contributed by atoms with E-state index >= 15 is 0 Å². The number of hydrogen-bond acceptors (Lipinski definition) is 5. The van der Waals surface area contributed by atoms with Crippen molar-refractivity contribution in [2.45, 2.75) is 25.6 Å². The predicted octanol–water partition coefficient (Wildman–Crippen LogP) is 3.84. The Kier molecular flexibility index (Phi) is 6.60. The summed E-state index contributed by atoms with van der Waals surface area (Å²) in [6, 6.07) is 12.2. The van der Waals surface area contributed by atoms with E-state index in [1.54, 1.807) is 0 Å². The van der Waals surface area contributed by atoms with E-state index in [1.807, 2.05) is 30.3 Å². The molecule has 0 aliphatic carbocycles. The molecule has 0 spiro atoms. The van der Waals surface area contributed by atoms with Gasteiger partial charge in [0.25, 0.3) is 0 Å². The minimum atomic E-state index is -4.59. The Balaban J connectivity index is 1.52. The van der Waals surface area contributed by atoms with Gasteiger partial charge in [-0.3, -0.25) is 4.79 Å². The van der Waals surface area contributed by atoms with E-state index < -0.39 is 30.3 Å². The van der Waals surface area contributed by atoms with Gasteiger partial charge in [-0.25, -0.2) is 4.39 Å². The number of nitrogens with one attached hydrogen (secondary N) is 1. The second-order valence-electron chi connectivity index (χ2n) is 6.27. The molecule has 0 radical (unpaired) electrons. The molecule has 0 atom stereocenters. The lowest BCUT2D eigenvalue weighted by molar-refractivity contribution is -0.153. The highest BCUT2D eigenvalue weighted by molar-refractivity contribution is 5.92. The maximum absolute atomic E-state index is 13.3. The molecule has 30 heavy (non-hydrogen) atoms. The molecule has 1 aromatic heterocycles. The summed E-state index contributed by atoms with van der Waals surface area (Å²) in [5.74, 6) is -1.19. The van der Waals surface area contributed by atoms with Crippen LogP contribution in [-0.2, 0) is 11.3 Å². The summed E-state index contributed by atoms with van der Waals surface area (Å²) in [4.78, 5) is 13.5. The number of benzene rings is 2. The van der Waals surface area contributed by atoms with Crippen LogP contribution in [0.3, 0.4) is 0 Å². The maximum Gasteiger partial charge on any atom is 0.422 e. The zero-order valence-corrected chi connectivity index (χ0v) is 15.6. The second-order valence-corrected chi connectivity index (χ2v) is 6.27. The van der Waals surface area contributed by atoms with Crippen molar-refractivity contribution in [1.82, 2.24) is 20.2 Å². The topological polar surface area (TPSA) is 81.9 Å². The van der Waals surface area contributed by atoms with Crippen LogP contribution in [0.5, 0.6) is 5.75 Å². The number of tetrazole rings is 1. The number of anilines is 1. The zero-order valence-electron chi connectivity index (χ0n) is 15.6. The maximum atomic E-state index is 13.3.